The molecule has 0 heterocycles. The second-order valence-corrected chi connectivity index (χ2v) is 2.87. The molecule has 6 heteroatoms. The first kappa shape index (κ1) is 11.8. The lowest BCUT2D eigenvalue weighted by Gasteiger charge is -2.07. The number of benzene rings is 1. The Morgan fingerprint density at radius 3 is 2.44 bits per heavy atom. The topological polar surface area (TPSA) is 87.7 Å². The molecule has 6 nitrogen and oxygen atoms in total. The monoisotopic (exact) mass is 224 g/mol. The Bertz CT molecular complexity index is 375. The summed E-state index contributed by atoms with van der Waals surface area (Å²) < 4.78 is 5.10. The Labute approximate surface area is 92.2 Å². The maximum Gasteiger partial charge on any atom is 0.311 e. The van der Waals surface area contributed by atoms with E-state index in [0.717, 1.165) is 0 Å². The largest absolute Gasteiger partial charge is 0.508 e. The normalized spacial score (nSPS) is 9.31. The van der Waals surface area contributed by atoms with Crippen LogP contribution in [0, 0.1) is 0 Å². The Hall–Kier alpha value is -2.24. The number of rotatable bonds is 3. The molecule has 0 aliphatic carbocycles. The summed E-state index contributed by atoms with van der Waals surface area (Å²) in [5.74, 6) is -0.882. The minimum Gasteiger partial charge on any atom is -0.508 e. The molecule has 0 aliphatic heterocycles. The summed E-state index contributed by atoms with van der Waals surface area (Å²) in [6.07, 6.45) is 0. The Morgan fingerprint density at radius 2 is 1.88 bits per heavy atom. The fourth-order valence-electron chi connectivity index (χ4n) is 0.921. The van der Waals surface area contributed by atoms with E-state index in [1.54, 1.807) is 12.1 Å². The predicted octanol–water partition coefficient (Wildman–Crippen LogP) is -0.409. The molecule has 3 N–H and O–H groups in total. The fraction of sp³-hybridized carbons (Fsp3) is 0.200. The Morgan fingerprint density at radius 1 is 1.25 bits per heavy atom. The zero-order valence-electron chi connectivity index (χ0n) is 8.69. The summed E-state index contributed by atoms with van der Waals surface area (Å²) in [7, 11) is 1.36. The highest BCUT2D eigenvalue weighted by molar-refractivity contribution is 6.34. The number of nitrogens with one attached hydrogen (secondary N) is 2. The molecule has 0 saturated heterocycles. The van der Waals surface area contributed by atoms with Crippen LogP contribution < -0.4 is 15.4 Å². The Kier molecular flexibility index (Phi) is 4.14. The fourth-order valence-corrected chi connectivity index (χ4v) is 0.921. The standard InChI is InChI=1S/C10H12N2O4/c1-11-9(14)10(15)12-6-16-8-4-2-7(13)3-5-8/h2-5,13H,6H2,1H3,(H,11,14)(H,12,15). The average molecular weight is 224 g/mol. The van der Waals surface area contributed by atoms with Crippen molar-refractivity contribution in [1.82, 2.24) is 10.6 Å². The molecule has 86 valence electrons. The molecule has 0 atom stereocenters. The third-order valence-electron chi connectivity index (χ3n) is 1.74. The van der Waals surface area contributed by atoms with E-state index in [1.165, 1.54) is 19.2 Å². The van der Waals surface area contributed by atoms with Crippen LogP contribution in [0.2, 0.25) is 0 Å². The van der Waals surface area contributed by atoms with Crippen LogP contribution in [0.15, 0.2) is 24.3 Å². The van der Waals surface area contributed by atoms with Gasteiger partial charge in [0.15, 0.2) is 6.73 Å². The highest BCUT2D eigenvalue weighted by atomic mass is 16.5. The second kappa shape index (κ2) is 5.59. The first-order valence-electron chi connectivity index (χ1n) is 4.55. The number of amides is 2. The van der Waals surface area contributed by atoms with Gasteiger partial charge >= 0.3 is 11.8 Å². The van der Waals surface area contributed by atoms with Crippen molar-refractivity contribution in [1.29, 1.82) is 0 Å². The molecular formula is C10H12N2O4. The molecule has 0 radical (unpaired) electrons. The van der Waals surface area contributed by atoms with Crippen LogP contribution in [0.5, 0.6) is 11.5 Å². The van der Waals surface area contributed by atoms with Crippen LogP contribution in [-0.4, -0.2) is 30.7 Å². The van der Waals surface area contributed by atoms with E-state index in [-0.39, 0.29) is 12.5 Å². The first-order chi connectivity index (χ1) is 7.63. The molecule has 2 amide bonds. The van der Waals surface area contributed by atoms with Crippen molar-refractivity contribution in [2.24, 2.45) is 0 Å². The van der Waals surface area contributed by atoms with Gasteiger partial charge in [0.2, 0.25) is 0 Å². The van der Waals surface area contributed by atoms with Crippen LogP contribution in [0.3, 0.4) is 0 Å². The van der Waals surface area contributed by atoms with Crippen LogP contribution in [-0.2, 0) is 9.59 Å². The van der Waals surface area contributed by atoms with Gasteiger partial charge in [-0.15, -0.1) is 0 Å². The zero-order chi connectivity index (χ0) is 12.0. The van der Waals surface area contributed by atoms with Gasteiger partial charge in [0, 0.05) is 7.05 Å². The lowest BCUT2D eigenvalue weighted by molar-refractivity contribution is -0.139. The van der Waals surface area contributed by atoms with Crippen molar-refractivity contribution in [2.45, 2.75) is 0 Å². The van der Waals surface area contributed by atoms with Gasteiger partial charge in [-0.3, -0.25) is 9.59 Å². The summed E-state index contributed by atoms with van der Waals surface area (Å²) in [6.45, 7) is -0.114. The molecule has 0 aromatic heterocycles. The number of likely N-dealkylation sites (N-methyl/N-ethyl adjacent to an activating group) is 1. The molecule has 0 unspecified atom stereocenters. The van der Waals surface area contributed by atoms with Gasteiger partial charge in [-0.25, -0.2) is 0 Å². The van der Waals surface area contributed by atoms with Crippen LogP contribution in [0.25, 0.3) is 0 Å². The van der Waals surface area contributed by atoms with Crippen LogP contribution in [0.1, 0.15) is 0 Å². The second-order valence-electron chi connectivity index (χ2n) is 2.87. The number of ether oxygens (including phenoxy) is 1. The van der Waals surface area contributed by atoms with E-state index in [2.05, 4.69) is 10.6 Å². The molecule has 1 rings (SSSR count). The number of carbonyl (C=O) groups is 2. The van der Waals surface area contributed by atoms with Crippen molar-refractivity contribution in [3.05, 3.63) is 24.3 Å². The number of carbonyl (C=O) groups excluding carboxylic acids is 2. The molecule has 16 heavy (non-hydrogen) atoms. The highest BCUT2D eigenvalue weighted by Gasteiger charge is 2.09. The van der Waals surface area contributed by atoms with Gasteiger partial charge < -0.3 is 20.5 Å². The zero-order valence-corrected chi connectivity index (χ0v) is 8.69. The minimum atomic E-state index is -0.763. The van der Waals surface area contributed by atoms with E-state index < -0.39 is 11.8 Å². The SMILES string of the molecule is CNC(=O)C(=O)NCOc1ccc(O)cc1. The lowest BCUT2D eigenvalue weighted by atomic mass is 10.3. The number of phenols is 1. The molecule has 0 bridgehead atoms. The summed E-state index contributed by atoms with van der Waals surface area (Å²) in [5, 5.41) is 13.4. The van der Waals surface area contributed by atoms with Gasteiger partial charge in [-0.1, -0.05) is 0 Å². The molecular weight excluding hydrogens is 212 g/mol. The maximum absolute atomic E-state index is 11.0. The Balaban J connectivity index is 2.33. The summed E-state index contributed by atoms with van der Waals surface area (Å²) in [5.41, 5.74) is 0. The molecule has 0 fully saturated rings. The summed E-state index contributed by atoms with van der Waals surface area (Å²) in [4.78, 5) is 21.8. The predicted molar refractivity (Wildman–Crippen MR) is 55.8 cm³/mol. The molecule has 0 spiro atoms. The highest BCUT2D eigenvalue weighted by Crippen LogP contribution is 2.15. The lowest BCUT2D eigenvalue weighted by Crippen LogP contribution is -2.39. The van der Waals surface area contributed by atoms with E-state index in [9.17, 15) is 9.59 Å². The minimum absolute atomic E-state index is 0.114. The smallest absolute Gasteiger partial charge is 0.311 e. The maximum atomic E-state index is 11.0. The van der Waals surface area contributed by atoms with Crippen molar-refractivity contribution >= 4 is 11.8 Å². The van der Waals surface area contributed by atoms with Crippen molar-refractivity contribution in [3.63, 3.8) is 0 Å². The van der Waals surface area contributed by atoms with Crippen LogP contribution in [0.4, 0.5) is 0 Å². The number of hydrogen-bond acceptors (Lipinski definition) is 4. The molecule has 1 aromatic rings. The average Bonchev–Trinajstić information content (AvgIpc) is 2.30. The van der Waals surface area contributed by atoms with Crippen molar-refractivity contribution < 1.29 is 19.4 Å². The van der Waals surface area contributed by atoms with Crippen molar-refractivity contribution in [3.8, 4) is 11.5 Å². The van der Waals surface area contributed by atoms with Crippen molar-refractivity contribution in [2.75, 3.05) is 13.8 Å². The van der Waals surface area contributed by atoms with Gasteiger partial charge in [0.05, 0.1) is 0 Å². The molecule has 0 aliphatic rings. The summed E-state index contributed by atoms with van der Waals surface area (Å²) >= 11 is 0. The number of phenolic OH excluding ortho intramolecular Hbond substituents is 1. The van der Waals surface area contributed by atoms with Crippen LogP contribution >= 0.6 is 0 Å². The van der Waals surface area contributed by atoms with Gasteiger partial charge in [0.1, 0.15) is 11.5 Å². The van der Waals surface area contributed by atoms with Gasteiger partial charge in [0.25, 0.3) is 0 Å². The van der Waals surface area contributed by atoms with E-state index in [0.29, 0.717) is 5.75 Å². The first-order valence-corrected chi connectivity index (χ1v) is 4.55. The number of aromatic hydroxyl groups is 1. The quantitative estimate of drug-likeness (QED) is 0.481. The summed E-state index contributed by atoms with van der Waals surface area (Å²) in [6, 6.07) is 5.99. The third kappa shape index (κ3) is 3.49. The molecule has 1 aromatic carbocycles. The van der Waals surface area contributed by atoms with Gasteiger partial charge in [-0.05, 0) is 24.3 Å². The van der Waals surface area contributed by atoms with E-state index >= 15 is 0 Å². The van der Waals surface area contributed by atoms with E-state index in [1.807, 2.05) is 0 Å². The van der Waals surface area contributed by atoms with Gasteiger partial charge in [-0.2, -0.15) is 0 Å². The third-order valence-corrected chi connectivity index (χ3v) is 1.74. The molecule has 0 saturated carbocycles. The number of hydrogen-bond donors (Lipinski definition) is 3. The van der Waals surface area contributed by atoms with E-state index in [4.69, 9.17) is 9.84 Å².